The SMILES string of the molecule is COc1ccccc1-c1nc(SCC(=O)Nc2cccc3ccccc23)n[nH]1. The number of carbonyl (C=O) groups excluding carboxylic acids is 1. The molecule has 4 rings (SSSR count). The van der Waals surface area contributed by atoms with Crippen LogP contribution in [0, 0.1) is 0 Å². The number of fused-ring (bicyclic) bond motifs is 1. The number of nitrogens with zero attached hydrogens (tertiary/aromatic N) is 2. The van der Waals surface area contributed by atoms with Crippen molar-refractivity contribution in [3.63, 3.8) is 0 Å². The van der Waals surface area contributed by atoms with Gasteiger partial charge >= 0.3 is 0 Å². The van der Waals surface area contributed by atoms with Crippen molar-refractivity contribution in [3.05, 3.63) is 66.7 Å². The van der Waals surface area contributed by atoms with Crippen LogP contribution in [0.4, 0.5) is 5.69 Å². The molecule has 0 aliphatic heterocycles. The molecule has 1 heterocycles. The van der Waals surface area contributed by atoms with E-state index < -0.39 is 0 Å². The lowest BCUT2D eigenvalue weighted by Gasteiger charge is -2.08. The van der Waals surface area contributed by atoms with Gasteiger partial charge in [0.15, 0.2) is 5.82 Å². The van der Waals surface area contributed by atoms with Crippen molar-refractivity contribution in [1.82, 2.24) is 15.2 Å². The van der Waals surface area contributed by atoms with Crippen LogP contribution in [0.3, 0.4) is 0 Å². The quantitative estimate of drug-likeness (QED) is 0.478. The maximum absolute atomic E-state index is 12.4. The highest BCUT2D eigenvalue weighted by Gasteiger charge is 2.12. The molecular formula is C21H18N4O2S. The molecule has 3 aromatic carbocycles. The number of benzene rings is 3. The minimum absolute atomic E-state index is 0.106. The van der Waals surface area contributed by atoms with Gasteiger partial charge in [-0.1, -0.05) is 60.3 Å². The molecule has 2 N–H and O–H groups in total. The molecular weight excluding hydrogens is 372 g/mol. The molecule has 1 aromatic heterocycles. The number of amides is 1. The van der Waals surface area contributed by atoms with E-state index in [1.807, 2.05) is 66.7 Å². The number of ether oxygens (including phenoxy) is 1. The number of aromatic amines is 1. The van der Waals surface area contributed by atoms with Gasteiger partial charge in [-0.2, -0.15) is 0 Å². The van der Waals surface area contributed by atoms with Gasteiger partial charge in [0.25, 0.3) is 0 Å². The highest BCUT2D eigenvalue weighted by atomic mass is 32.2. The lowest BCUT2D eigenvalue weighted by molar-refractivity contribution is -0.113. The topological polar surface area (TPSA) is 79.9 Å². The van der Waals surface area contributed by atoms with Crippen molar-refractivity contribution in [2.45, 2.75) is 5.16 Å². The van der Waals surface area contributed by atoms with Gasteiger partial charge in [0, 0.05) is 11.1 Å². The van der Waals surface area contributed by atoms with Crippen molar-refractivity contribution >= 4 is 34.1 Å². The third-order valence-electron chi connectivity index (χ3n) is 4.22. The number of hydrogen-bond donors (Lipinski definition) is 2. The zero-order valence-corrected chi connectivity index (χ0v) is 16.0. The Hall–Kier alpha value is -3.32. The van der Waals surface area contributed by atoms with Crippen LogP contribution in [-0.2, 0) is 4.79 Å². The Labute approximate surface area is 166 Å². The van der Waals surface area contributed by atoms with Crippen LogP contribution in [0.5, 0.6) is 5.75 Å². The fourth-order valence-corrected chi connectivity index (χ4v) is 3.52. The second-order valence-corrected chi connectivity index (χ2v) is 6.97. The van der Waals surface area contributed by atoms with Gasteiger partial charge in [-0.3, -0.25) is 9.89 Å². The minimum Gasteiger partial charge on any atom is -0.496 e. The zero-order chi connectivity index (χ0) is 19.3. The smallest absolute Gasteiger partial charge is 0.234 e. The molecule has 1 amide bonds. The number of carbonyl (C=O) groups is 1. The number of H-pyrrole nitrogens is 1. The molecule has 0 atom stereocenters. The number of para-hydroxylation sites is 1. The first-order chi connectivity index (χ1) is 13.7. The van der Waals surface area contributed by atoms with Crippen LogP contribution >= 0.6 is 11.8 Å². The Kier molecular flexibility index (Phi) is 5.25. The number of aromatic nitrogens is 3. The normalized spacial score (nSPS) is 10.8. The third kappa shape index (κ3) is 3.84. The van der Waals surface area contributed by atoms with E-state index in [9.17, 15) is 4.79 Å². The lowest BCUT2D eigenvalue weighted by Crippen LogP contribution is -2.14. The highest BCUT2D eigenvalue weighted by Crippen LogP contribution is 2.28. The number of rotatable bonds is 6. The summed E-state index contributed by atoms with van der Waals surface area (Å²) < 4.78 is 5.35. The van der Waals surface area contributed by atoms with Gasteiger partial charge in [0.2, 0.25) is 11.1 Å². The molecule has 28 heavy (non-hydrogen) atoms. The van der Waals surface area contributed by atoms with E-state index >= 15 is 0 Å². The minimum atomic E-state index is -0.106. The summed E-state index contributed by atoms with van der Waals surface area (Å²) in [5, 5.41) is 12.7. The lowest BCUT2D eigenvalue weighted by atomic mass is 10.1. The van der Waals surface area contributed by atoms with Gasteiger partial charge in [-0.05, 0) is 23.6 Å². The van der Waals surface area contributed by atoms with Crippen molar-refractivity contribution in [2.75, 3.05) is 18.2 Å². The summed E-state index contributed by atoms with van der Waals surface area (Å²) in [7, 11) is 1.61. The van der Waals surface area contributed by atoms with Crippen LogP contribution in [0.2, 0.25) is 0 Å². The molecule has 0 bridgehead atoms. The summed E-state index contributed by atoms with van der Waals surface area (Å²) >= 11 is 1.28. The maximum atomic E-state index is 12.4. The Morgan fingerprint density at radius 3 is 2.75 bits per heavy atom. The van der Waals surface area contributed by atoms with E-state index in [-0.39, 0.29) is 11.7 Å². The number of thioether (sulfide) groups is 1. The molecule has 6 nitrogen and oxygen atoms in total. The summed E-state index contributed by atoms with van der Waals surface area (Å²) in [4.78, 5) is 16.8. The average Bonchev–Trinajstić information content (AvgIpc) is 3.21. The Balaban J connectivity index is 1.42. The number of nitrogens with one attached hydrogen (secondary N) is 2. The average molecular weight is 390 g/mol. The summed E-state index contributed by atoms with van der Waals surface area (Å²) in [6.07, 6.45) is 0. The van der Waals surface area contributed by atoms with E-state index in [2.05, 4.69) is 20.5 Å². The molecule has 0 aliphatic carbocycles. The van der Waals surface area contributed by atoms with E-state index in [4.69, 9.17) is 4.74 Å². The van der Waals surface area contributed by atoms with E-state index in [1.165, 1.54) is 11.8 Å². The molecule has 0 unspecified atom stereocenters. The maximum Gasteiger partial charge on any atom is 0.234 e. The highest BCUT2D eigenvalue weighted by molar-refractivity contribution is 7.99. The van der Waals surface area contributed by atoms with Gasteiger partial charge in [0.05, 0.1) is 18.4 Å². The van der Waals surface area contributed by atoms with Crippen LogP contribution in [0.15, 0.2) is 71.9 Å². The molecule has 0 spiro atoms. The van der Waals surface area contributed by atoms with Crippen LogP contribution in [-0.4, -0.2) is 34.0 Å². The summed E-state index contributed by atoms with van der Waals surface area (Å²) in [5.41, 5.74) is 1.62. The number of methoxy groups -OCH3 is 1. The van der Waals surface area contributed by atoms with Crippen LogP contribution < -0.4 is 10.1 Å². The van der Waals surface area contributed by atoms with Crippen molar-refractivity contribution in [1.29, 1.82) is 0 Å². The number of anilines is 1. The standard InChI is InChI=1S/C21H18N4O2S/c1-27-18-12-5-4-10-16(18)20-23-21(25-24-20)28-13-19(26)22-17-11-6-8-14-7-2-3-9-15(14)17/h2-12H,13H2,1H3,(H,22,26)(H,23,24,25). The van der Waals surface area contributed by atoms with Gasteiger partial charge in [0.1, 0.15) is 5.75 Å². The van der Waals surface area contributed by atoms with Crippen LogP contribution in [0.1, 0.15) is 0 Å². The first-order valence-corrected chi connectivity index (χ1v) is 9.69. The molecule has 0 fully saturated rings. The Morgan fingerprint density at radius 1 is 1.07 bits per heavy atom. The first kappa shape index (κ1) is 18.1. The molecule has 7 heteroatoms. The fourth-order valence-electron chi connectivity index (χ4n) is 2.92. The third-order valence-corrected chi connectivity index (χ3v) is 5.07. The van der Waals surface area contributed by atoms with E-state index in [1.54, 1.807) is 7.11 Å². The second kappa shape index (κ2) is 8.14. The van der Waals surface area contributed by atoms with Gasteiger partial charge in [-0.15, -0.1) is 5.10 Å². The zero-order valence-electron chi connectivity index (χ0n) is 15.2. The van der Waals surface area contributed by atoms with Crippen molar-refractivity contribution < 1.29 is 9.53 Å². The van der Waals surface area contributed by atoms with E-state index in [0.29, 0.717) is 16.7 Å². The van der Waals surface area contributed by atoms with Crippen molar-refractivity contribution in [2.24, 2.45) is 0 Å². The monoisotopic (exact) mass is 390 g/mol. The van der Waals surface area contributed by atoms with E-state index in [0.717, 1.165) is 22.0 Å². The molecule has 140 valence electrons. The molecule has 0 saturated heterocycles. The summed E-state index contributed by atoms with van der Waals surface area (Å²) in [5.74, 6) is 1.43. The predicted octanol–water partition coefficient (Wildman–Crippen LogP) is 4.36. The molecule has 0 radical (unpaired) electrons. The Morgan fingerprint density at radius 2 is 1.86 bits per heavy atom. The summed E-state index contributed by atoms with van der Waals surface area (Å²) in [6.45, 7) is 0. The number of hydrogen-bond acceptors (Lipinski definition) is 5. The Bertz CT molecular complexity index is 1120. The van der Waals surface area contributed by atoms with Crippen molar-refractivity contribution in [3.8, 4) is 17.1 Å². The largest absolute Gasteiger partial charge is 0.496 e. The first-order valence-electron chi connectivity index (χ1n) is 8.71. The van der Waals surface area contributed by atoms with Crippen LogP contribution in [0.25, 0.3) is 22.2 Å². The predicted molar refractivity (Wildman–Crippen MR) is 112 cm³/mol. The molecule has 4 aromatic rings. The fraction of sp³-hybridized carbons (Fsp3) is 0.0952. The molecule has 0 saturated carbocycles. The summed E-state index contributed by atoms with van der Waals surface area (Å²) in [6, 6.07) is 21.4. The van der Waals surface area contributed by atoms with Gasteiger partial charge in [-0.25, -0.2) is 4.98 Å². The second-order valence-electron chi connectivity index (χ2n) is 6.03. The van der Waals surface area contributed by atoms with Gasteiger partial charge < -0.3 is 10.1 Å². The molecule has 0 aliphatic rings.